The fourth-order valence-corrected chi connectivity index (χ4v) is 4.70. The van der Waals surface area contributed by atoms with E-state index < -0.39 is 0 Å². The third kappa shape index (κ3) is 5.24. The van der Waals surface area contributed by atoms with Crippen LogP contribution in [0, 0.1) is 0 Å². The molecule has 1 aliphatic rings. The molecule has 0 spiro atoms. The van der Waals surface area contributed by atoms with Gasteiger partial charge in [-0.25, -0.2) is 0 Å². The van der Waals surface area contributed by atoms with Gasteiger partial charge in [0.1, 0.15) is 16.6 Å². The number of aromatic nitrogens is 1. The van der Waals surface area contributed by atoms with E-state index in [9.17, 15) is 5.21 Å². The molecule has 0 atom stereocenters. The summed E-state index contributed by atoms with van der Waals surface area (Å²) >= 11 is 1.66. The summed E-state index contributed by atoms with van der Waals surface area (Å²) in [4.78, 5) is 6.95. The van der Waals surface area contributed by atoms with E-state index in [4.69, 9.17) is 9.15 Å². The van der Waals surface area contributed by atoms with Crippen LogP contribution in [-0.2, 0) is 11.2 Å². The van der Waals surface area contributed by atoms with Crippen molar-refractivity contribution < 1.29 is 14.4 Å². The second kappa shape index (κ2) is 11.1. The van der Waals surface area contributed by atoms with Crippen LogP contribution in [0.5, 0.6) is 0 Å². The van der Waals surface area contributed by atoms with Gasteiger partial charge in [-0.3, -0.25) is 9.88 Å². The van der Waals surface area contributed by atoms with Crippen molar-refractivity contribution in [3.63, 3.8) is 0 Å². The quantitative estimate of drug-likeness (QED) is 0.309. The lowest BCUT2D eigenvalue weighted by molar-refractivity contribution is 0.0375. The molecule has 1 aromatic carbocycles. The number of aryl methyl sites for hydroxylation is 1. The Morgan fingerprint density at radius 3 is 2.75 bits per heavy atom. The average molecular weight is 494 g/mol. The number of halogens is 2. The molecular weight excluding hydrogens is 469 g/mol. The summed E-state index contributed by atoms with van der Waals surface area (Å²) in [7, 11) is 0. The normalized spacial score (nSPS) is 14.9. The molecule has 0 bridgehead atoms. The van der Waals surface area contributed by atoms with Gasteiger partial charge in [0.05, 0.1) is 13.2 Å². The number of thiophene rings is 1. The molecule has 4 aromatic rings. The first kappa shape index (κ1) is 24.5. The first-order valence-electron chi connectivity index (χ1n) is 10.2. The minimum atomic E-state index is 0. The lowest BCUT2D eigenvalue weighted by Crippen LogP contribution is -2.36. The summed E-state index contributed by atoms with van der Waals surface area (Å²) in [5, 5.41) is 17.6. The van der Waals surface area contributed by atoms with Crippen molar-refractivity contribution in [1.29, 1.82) is 0 Å². The van der Waals surface area contributed by atoms with Crippen LogP contribution in [0.2, 0.25) is 0 Å². The Labute approximate surface area is 202 Å². The van der Waals surface area contributed by atoms with Crippen molar-refractivity contribution >= 4 is 57.2 Å². The highest BCUT2D eigenvalue weighted by Gasteiger charge is 2.11. The van der Waals surface area contributed by atoms with Crippen molar-refractivity contribution in [2.75, 3.05) is 32.8 Å². The average Bonchev–Trinajstić information content (AvgIpc) is 3.27. The Kier molecular flexibility index (Phi) is 8.51. The van der Waals surface area contributed by atoms with Gasteiger partial charge in [0.15, 0.2) is 5.76 Å². The number of benzene rings is 1. The molecule has 4 heterocycles. The van der Waals surface area contributed by atoms with Crippen LogP contribution in [0.4, 0.5) is 0 Å². The van der Waals surface area contributed by atoms with Gasteiger partial charge >= 0.3 is 0 Å². The van der Waals surface area contributed by atoms with Gasteiger partial charge in [-0.2, -0.15) is 0 Å². The molecule has 0 aliphatic carbocycles. The van der Waals surface area contributed by atoms with Crippen molar-refractivity contribution in [2.24, 2.45) is 5.16 Å². The maximum atomic E-state index is 9.63. The Bertz CT molecular complexity index is 1250. The number of ether oxygens (including phenoxy) is 1. The second-order valence-electron chi connectivity index (χ2n) is 7.51. The molecule has 170 valence electrons. The molecule has 1 aliphatic heterocycles. The van der Waals surface area contributed by atoms with E-state index in [1.54, 1.807) is 17.4 Å². The molecule has 0 unspecified atom stereocenters. The summed E-state index contributed by atoms with van der Waals surface area (Å²) in [6.07, 6.45) is 3.89. The number of hydrogen-bond donors (Lipinski definition) is 1. The molecule has 9 heteroatoms. The number of rotatable bonds is 5. The van der Waals surface area contributed by atoms with E-state index in [-0.39, 0.29) is 24.8 Å². The number of nitrogens with zero attached hydrogens (tertiary/aromatic N) is 3. The third-order valence-electron chi connectivity index (χ3n) is 5.55. The molecule has 5 rings (SSSR count). The molecule has 0 radical (unpaired) electrons. The lowest BCUT2D eigenvalue weighted by Gasteiger charge is -2.26. The number of pyridine rings is 1. The van der Waals surface area contributed by atoms with Crippen LogP contribution >= 0.6 is 36.2 Å². The standard InChI is InChI=1S/C23H23N3O3S.2ClH/c27-25-19-13-22(20-14-23-17(15-24-20)5-11-30-23)29-21-4-3-16(12-18(19)21)2-1-6-26-7-9-28-10-8-26;;/h3-5,11-15,27H,1-2,6-10H2;2*1H/b25-19+;;. The minimum Gasteiger partial charge on any atom is -0.454 e. The highest BCUT2D eigenvalue weighted by atomic mass is 35.5. The van der Waals surface area contributed by atoms with Crippen molar-refractivity contribution in [3.05, 3.63) is 58.9 Å². The van der Waals surface area contributed by atoms with Gasteiger partial charge in [-0.1, -0.05) is 11.2 Å². The minimum absolute atomic E-state index is 0. The number of fused-ring (bicyclic) bond motifs is 2. The highest BCUT2D eigenvalue weighted by molar-refractivity contribution is 7.17. The fraction of sp³-hybridized carbons (Fsp3) is 0.304. The maximum Gasteiger partial charge on any atom is 0.155 e. The molecule has 0 saturated carbocycles. The summed E-state index contributed by atoms with van der Waals surface area (Å²) in [6.45, 7) is 4.75. The van der Waals surface area contributed by atoms with Crippen LogP contribution in [0.1, 0.15) is 12.0 Å². The van der Waals surface area contributed by atoms with E-state index in [1.807, 2.05) is 29.8 Å². The van der Waals surface area contributed by atoms with Crippen molar-refractivity contribution in [3.8, 4) is 11.5 Å². The Morgan fingerprint density at radius 2 is 1.94 bits per heavy atom. The van der Waals surface area contributed by atoms with Crippen LogP contribution in [0.3, 0.4) is 0 Å². The maximum absolute atomic E-state index is 9.63. The smallest absolute Gasteiger partial charge is 0.155 e. The Balaban J connectivity index is 0.00000144. The van der Waals surface area contributed by atoms with Gasteiger partial charge < -0.3 is 14.4 Å². The van der Waals surface area contributed by atoms with E-state index in [2.05, 4.69) is 27.2 Å². The highest BCUT2D eigenvalue weighted by Crippen LogP contribution is 2.27. The molecule has 1 fully saturated rings. The monoisotopic (exact) mass is 493 g/mol. The van der Waals surface area contributed by atoms with Gasteiger partial charge in [-0.05, 0) is 54.6 Å². The van der Waals surface area contributed by atoms with Gasteiger partial charge in [0.2, 0.25) is 0 Å². The van der Waals surface area contributed by atoms with E-state index in [0.717, 1.165) is 66.9 Å². The topological polar surface area (TPSA) is 71.1 Å². The Morgan fingerprint density at radius 1 is 1.09 bits per heavy atom. The first-order valence-corrected chi connectivity index (χ1v) is 11.1. The molecule has 0 amide bonds. The fourth-order valence-electron chi connectivity index (χ4n) is 3.90. The summed E-state index contributed by atoms with van der Waals surface area (Å²) in [5.41, 5.74) is 2.62. The molecule has 1 N–H and O–H groups in total. The van der Waals surface area contributed by atoms with E-state index in [0.29, 0.717) is 16.7 Å². The third-order valence-corrected chi connectivity index (χ3v) is 6.43. The van der Waals surface area contributed by atoms with Crippen LogP contribution in [-0.4, -0.2) is 47.9 Å². The zero-order chi connectivity index (χ0) is 20.3. The number of hydrogen-bond acceptors (Lipinski definition) is 7. The predicted molar refractivity (Wildman–Crippen MR) is 132 cm³/mol. The van der Waals surface area contributed by atoms with Crippen molar-refractivity contribution in [2.45, 2.75) is 12.8 Å². The zero-order valence-electron chi connectivity index (χ0n) is 17.4. The summed E-state index contributed by atoms with van der Waals surface area (Å²) in [5.74, 6) is 0.589. The largest absolute Gasteiger partial charge is 0.454 e. The van der Waals surface area contributed by atoms with E-state index >= 15 is 0 Å². The molecule has 32 heavy (non-hydrogen) atoms. The second-order valence-corrected chi connectivity index (χ2v) is 8.46. The zero-order valence-corrected chi connectivity index (χ0v) is 19.8. The van der Waals surface area contributed by atoms with Gasteiger partial charge in [0.25, 0.3) is 0 Å². The molecular formula is C23H25Cl2N3O3S. The van der Waals surface area contributed by atoms with Crippen LogP contribution < -0.4 is 5.36 Å². The predicted octanol–water partition coefficient (Wildman–Crippen LogP) is 5.11. The molecule has 1 saturated heterocycles. The lowest BCUT2D eigenvalue weighted by atomic mass is 10.1. The number of morpholine rings is 1. The SMILES string of the molecule is Cl.Cl.O/N=c1\cc(-c2cc3sccc3cn2)oc2ccc(CCCN3CCOCC3)cc12. The van der Waals surface area contributed by atoms with Gasteiger partial charge in [0, 0.05) is 40.8 Å². The van der Waals surface area contributed by atoms with Gasteiger partial charge in [-0.15, -0.1) is 36.2 Å². The molecule has 3 aromatic heterocycles. The molecule has 6 nitrogen and oxygen atoms in total. The first-order chi connectivity index (χ1) is 14.8. The summed E-state index contributed by atoms with van der Waals surface area (Å²) < 4.78 is 12.7. The van der Waals surface area contributed by atoms with Crippen LogP contribution in [0.25, 0.3) is 32.5 Å². The van der Waals surface area contributed by atoms with E-state index in [1.165, 1.54) is 5.56 Å². The van der Waals surface area contributed by atoms with Crippen LogP contribution in [0.15, 0.2) is 57.5 Å². The Hall–Kier alpha value is -2.16. The summed E-state index contributed by atoms with van der Waals surface area (Å²) in [6, 6.07) is 11.9. The van der Waals surface area contributed by atoms with Crippen molar-refractivity contribution in [1.82, 2.24) is 9.88 Å².